The van der Waals surface area contributed by atoms with Crippen molar-refractivity contribution in [3.63, 3.8) is 0 Å². The van der Waals surface area contributed by atoms with E-state index in [0.717, 1.165) is 17.7 Å². The van der Waals surface area contributed by atoms with E-state index < -0.39 is 0 Å². The van der Waals surface area contributed by atoms with Crippen LogP contribution in [0.5, 0.6) is 0 Å². The summed E-state index contributed by atoms with van der Waals surface area (Å²) in [4.78, 5) is 15.5. The summed E-state index contributed by atoms with van der Waals surface area (Å²) < 4.78 is 5.24. The van der Waals surface area contributed by atoms with E-state index in [1.807, 2.05) is 25.1 Å². The Morgan fingerprint density at radius 1 is 1.53 bits per heavy atom. The van der Waals surface area contributed by atoms with Crippen molar-refractivity contribution in [1.82, 2.24) is 10.4 Å². The topological polar surface area (TPSA) is 93.5 Å². The molecular formula is C13H14N4O2. The van der Waals surface area contributed by atoms with Gasteiger partial charge in [0.15, 0.2) is 5.58 Å². The second-order valence-electron chi connectivity index (χ2n) is 4.58. The molecular weight excluding hydrogens is 244 g/mol. The molecule has 1 amide bonds. The highest BCUT2D eigenvalue weighted by molar-refractivity contribution is 6.07. The Labute approximate surface area is 109 Å². The number of carbonyl (C=O) groups is 1. The van der Waals surface area contributed by atoms with Gasteiger partial charge in [0.2, 0.25) is 5.91 Å². The molecule has 1 unspecified atom stereocenters. The Hall–Kier alpha value is -2.37. The van der Waals surface area contributed by atoms with E-state index in [1.54, 1.807) is 0 Å². The van der Waals surface area contributed by atoms with Crippen molar-refractivity contribution in [2.75, 3.05) is 5.73 Å². The van der Waals surface area contributed by atoms with Crippen LogP contribution < -0.4 is 11.2 Å². The number of oxazole rings is 1. The Balaban J connectivity index is 2.05. The van der Waals surface area contributed by atoms with Gasteiger partial charge in [-0.1, -0.05) is 6.92 Å². The van der Waals surface area contributed by atoms with E-state index >= 15 is 0 Å². The number of aromatic nitrogens is 1. The fourth-order valence-electron chi connectivity index (χ4n) is 2.32. The van der Waals surface area contributed by atoms with Crippen LogP contribution in [-0.4, -0.2) is 16.6 Å². The molecule has 1 aromatic heterocycles. The fourth-order valence-corrected chi connectivity index (χ4v) is 2.32. The van der Waals surface area contributed by atoms with Gasteiger partial charge in [0.1, 0.15) is 5.52 Å². The van der Waals surface area contributed by atoms with E-state index in [1.165, 1.54) is 0 Å². The average Bonchev–Trinajstić information content (AvgIpc) is 2.77. The van der Waals surface area contributed by atoms with Crippen molar-refractivity contribution < 1.29 is 9.21 Å². The van der Waals surface area contributed by atoms with Gasteiger partial charge in [-0.3, -0.25) is 4.79 Å². The molecule has 1 aliphatic heterocycles. The van der Waals surface area contributed by atoms with Gasteiger partial charge in [-0.05, 0) is 24.6 Å². The number of anilines is 1. The smallest absolute Gasteiger partial charge is 0.292 e. The number of rotatable bonds is 2. The third kappa shape index (κ3) is 2.05. The van der Waals surface area contributed by atoms with Crippen LogP contribution in [-0.2, 0) is 4.79 Å². The summed E-state index contributed by atoms with van der Waals surface area (Å²) in [6.45, 7) is 2.05. The maximum absolute atomic E-state index is 11.4. The van der Waals surface area contributed by atoms with Crippen molar-refractivity contribution in [3.05, 3.63) is 23.8 Å². The molecule has 1 aliphatic rings. The van der Waals surface area contributed by atoms with Crippen LogP contribution >= 0.6 is 0 Å². The van der Waals surface area contributed by atoms with Gasteiger partial charge in [0.25, 0.3) is 6.01 Å². The molecule has 3 rings (SSSR count). The number of nitrogen functional groups attached to an aromatic ring is 1. The van der Waals surface area contributed by atoms with E-state index in [9.17, 15) is 4.79 Å². The summed E-state index contributed by atoms with van der Waals surface area (Å²) in [7, 11) is 0. The lowest BCUT2D eigenvalue weighted by molar-refractivity contribution is -0.122. The van der Waals surface area contributed by atoms with Crippen LogP contribution in [0.4, 0.5) is 6.01 Å². The number of fused-ring (bicyclic) bond motifs is 1. The number of nitrogens with one attached hydrogen (secondary N) is 1. The van der Waals surface area contributed by atoms with Crippen molar-refractivity contribution in [2.45, 2.75) is 19.8 Å². The first kappa shape index (κ1) is 11.7. The number of nitrogens with zero attached hydrogens (tertiary/aromatic N) is 2. The van der Waals surface area contributed by atoms with Crippen molar-refractivity contribution in [2.24, 2.45) is 11.0 Å². The minimum atomic E-state index is -0.0395. The maximum Gasteiger partial charge on any atom is 0.292 e. The van der Waals surface area contributed by atoms with Gasteiger partial charge in [-0.15, -0.1) is 0 Å². The molecule has 6 heteroatoms. The Kier molecular flexibility index (Phi) is 2.70. The van der Waals surface area contributed by atoms with Crippen LogP contribution in [0.3, 0.4) is 0 Å². The predicted octanol–water partition coefficient (Wildman–Crippen LogP) is 1.66. The van der Waals surface area contributed by atoms with Crippen molar-refractivity contribution in [1.29, 1.82) is 0 Å². The van der Waals surface area contributed by atoms with E-state index in [0.29, 0.717) is 17.5 Å². The van der Waals surface area contributed by atoms with Gasteiger partial charge in [-0.2, -0.15) is 10.1 Å². The van der Waals surface area contributed by atoms with Crippen LogP contribution in [0, 0.1) is 5.92 Å². The van der Waals surface area contributed by atoms with E-state index in [2.05, 4.69) is 15.5 Å². The third-order valence-corrected chi connectivity index (χ3v) is 3.31. The van der Waals surface area contributed by atoms with Crippen LogP contribution in [0.25, 0.3) is 11.1 Å². The van der Waals surface area contributed by atoms with E-state index in [4.69, 9.17) is 10.2 Å². The molecule has 0 aliphatic carbocycles. The van der Waals surface area contributed by atoms with Gasteiger partial charge in [0, 0.05) is 17.9 Å². The zero-order chi connectivity index (χ0) is 13.4. The molecule has 0 fully saturated rings. The zero-order valence-corrected chi connectivity index (χ0v) is 10.5. The van der Waals surface area contributed by atoms with Crippen LogP contribution in [0.2, 0.25) is 0 Å². The first-order valence-electron chi connectivity index (χ1n) is 6.20. The largest absolute Gasteiger partial charge is 0.424 e. The number of amides is 1. The molecule has 6 nitrogen and oxygen atoms in total. The van der Waals surface area contributed by atoms with Crippen LogP contribution in [0.1, 0.15) is 25.3 Å². The summed E-state index contributed by atoms with van der Waals surface area (Å²) in [5.41, 5.74) is 11.2. The quantitative estimate of drug-likeness (QED) is 0.856. The maximum atomic E-state index is 11.4. The molecule has 0 bridgehead atoms. The Bertz CT molecular complexity index is 674. The molecule has 1 aromatic carbocycles. The first-order chi connectivity index (χ1) is 9.17. The molecule has 98 valence electrons. The highest BCUT2D eigenvalue weighted by Crippen LogP contribution is 2.24. The van der Waals surface area contributed by atoms with Crippen molar-refractivity contribution >= 4 is 28.7 Å². The Morgan fingerprint density at radius 3 is 3.16 bits per heavy atom. The highest BCUT2D eigenvalue weighted by atomic mass is 16.4. The first-order valence-corrected chi connectivity index (χ1v) is 6.20. The molecule has 2 aromatic rings. The molecule has 1 atom stereocenters. The molecule has 3 N–H and O–H groups in total. The number of hydrogen-bond donors (Lipinski definition) is 2. The lowest BCUT2D eigenvalue weighted by atomic mass is 9.90. The second kappa shape index (κ2) is 4.38. The Morgan fingerprint density at radius 2 is 2.37 bits per heavy atom. The standard InChI is InChI=1S/C13H14N4O2/c1-2-7-6-11(18)16-17-12(7)8-3-4-10-9(5-8)15-13(14)19-10/h3-5,7H,2,6H2,1H3,(H2,14,15)(H,16,18). The van der Waals surface area contributed by atoms with Crippen molar-refractivity contribution in [3.8, 4) is 0 Å². The van der Waals surface area contributed by atoms with Gasteiger partial charge in [-0.25, -0.2) is 5.43 Å². The van der Waals surface area contributed by atoms with Gasteiger partial charge < -0.3 is 10.2 Å². The molecule has 0 saturated heterocycles. The summed E-state index contributed by atoms with van der Waals surface area (Å²) in [6.07, 6.45) is 1.33. The summed E-state index contributed by atoms with van der Waals surface area (Å²) >= 11 is 0. The fraction of sp³-hybridized carbons (Fsp3) is 0.308. The minimum absolute atomic E-state index is 0.0395. The number of hydrogen-bond acceptors (Lipinski definition) is 5. The number of nitrogens with two attached hydrogens (primary N) is 1. The number of benzene rings is 1. The number of carbonyl (C=O) groups excluding carboxylic acids is 1. The lowest BCUT2D eigenvalue weighted by Crippen LogP contribution is -2.33. The molecule has 0 radical (unpaired) electrons. The molecule has 2 heterocycles. The van der Waals surface area contributed by atoms with Gasteiger partial charge >= 0.3 is 0 Å². The summed E-state index contributed by atoms with van der Waals surface area (Å²) in [5, 5.41) is 4.17. The zero-order valence-electron chi connectivity index (χ0n) is 10.5. The summed E-state index contributed by atoms with van der Waals surface area (Å²) in [6, 6.07) is 5.76. The lowest BCUT2D eigenvalue weighted by Gasteiger charge is -2.21. The number of hydrazone groups is 1. The molecule has 0 saturated carbocycles. The SMILES string of the molecule is CCC1CC(=O)NN=C1c1ccc2oc(N)nc2c1. The minimum Gasteiger partial charge on any atom is -0.424 e. The third-order valence-electron chi connectivity index (χ3n) is 3.31. The van der Waals surface area contributed by atoms with Crippen LogP contribution in [0.15, 0.2) is 27.7 Å². The molecule has 19 heavy (non-hydrogen) atoms. The van der Waals surface area contributed by atoms with Gasteiger partial charge in [0.05, 0.1) is 5.71 Å². The monoisotopic (exact) mass is 258 g/mol. The predicted molar refractivity (Wildman–Crippen MR) is 71.5 cm³/mol. The average molecular weight is 258 g/mol. The summed E-state index contributed by atoms with van der Waals surface area (Å²) in [5.74, 6) is 0.0952. The second-order valence-corrected chi connectivity index (χ2v) is 4.58. The molecule has 0 spiro atoms. The highest BCUT2D eigenvalue weighted by Gasteiger charge is 2.24. The van der Waals surface area contributed by atoms with E-state index in [-0.39, 0.29) is 17.8 Å². The normalized spacial score (nSPS) is 19.3.